The molecule has 4 heteroatoms. The number of fused-ring (bicyclic) bond motifs is 1. The quantitative estimate of drug-likeness (QED) is 0.761. The SMILES string of the molecule is O=C(O)CCC1CNc2ncccc21. The summed E-state index contributed by atoms with van der Waals surface area (Å²) in [6.07, 6.45) is 2.65. The number of nitrogens with one attached hydrogen (secondary N) is 1. The van der Waals surface area contributed by atoms with Gasteiger partial charge in [0.2, 0.25) is 0 Å². The first-order valence-corrected chi connectivity index (χ1v) is 4.68. The van der Waals surface area contributed by atoms with Crippen molar-refractivity contribution in [2.75, 3.05) is 11.9 Å². The van der Waals surface area contributed by atoms with Gasteiger partial charge in [0.15, 0.2) is 0 Å². The van der Waals surface area contributed by atoms with Crippen molar-refractivity contribution in [3.05, 3.63) is 23.9 Å². The van der Waals surface area contributed by atoms with E-state index in [2.05, 4.69) is 10.3 Å². The molecule has 0 saturated heterocycles. The smallest absolute Gasteiger partial charge is 0.303 e. The van der Waals surface area contributed by atoms with E-state index in [1.165, 1.54) is 0 Å². The van der Waals surface area contributed by atoms with Gasteiger partial charge in [0.05, 0.1) is 0 Å². The number of aliphatic carboxylic acids is 1. The Bertz CT molecular complexity index is 352. The summed E-state index contributed by atoms with van der Waals surface area (Å²) in [5.41, 5.74) is 1.15. The number of hydrogen-bond acceptors (Lipinski definition) is 3. The van der Waals surface area contributed by atoms with Crippen molar-refractivity contribution in [1.82, 2.24) is 4.98 Å². The zero-order chi connectivity index (χ0) is 9.97. The van der Waals surface area contributed by atoms with Gasteiger partial charge in [0, 0.05) is 25.1 Å². The number of carboxylic acids is 1. The lowest BCUT2D eigenvalue weighted by Crippen LogP contribution is -2.05. The fourth-order valence-electron chi connectivity index (χ4n) is 1.78. The minimum Gasteiger partial charge on any atom is -0.481 e. The summed E-state index contributed by atoms with van der Waals surface area (Å²) < 4.78 is 0. The van der Waals surface area contributed by atoms with Gasteiger partial charge in [0.1, 0.15) is 5.82 Å². The first-order valence-electron chi connectivity index (χ1n) is 4.68. The zero-order valence-electron chi connectivity index (χ0n) is 7.73. The molecule has 1 aliphatic heterocycles. The van der Waals surface area contributed by atoms with Crippen LogP contribution in [0.4, 0.5) is 5.82 Å². The minimum atomic E-state index is -0.734. The van der Waals surface area contributed by atoms with Gasteiger partial charge in [0.25, 0.3) is 0 Å². The van der Waals surface area contributed by atoms with E-state index in [4.69, 9.17) is 5.11 Å². The summed E-state index contributed by atoms with van der Waals surface area (Å²) in [5, 5.41) is 11.8. The van der Waals surface area contributed by atoms with Gasteiger partial charge >= 0.3 is 5.97 Å². The van der Waals surface area contributed by atoms with E-state index >= 15 is 0 Å². The van der Waals surface area contributed by atoms with E-state index in [1.54, 1.807) is 6.20 Å². The normalized spacial score (nSPS) is 18.7. The molecule has 1 aliphatic rings. The largest absolute Gasteiger partial charge is 0.481 e. The number of carbonyl (C=O) groups is 1. The van der Waals surface area contributed by atoms with Gasteiger partial charge in [-0.1, -0.05) is 6.07 Å². The molecule has 2 heterocycles. The molecule has 2 rings (SSSR count). The van der Waals surface area contributed by atoms with Crippen molar-refractivity contribution in [2.45, 2.75) is 18.8 Å². The third-order valence-electron chi connectivity index (χ3n) is 2.50. The average molecular weight is 192 g/mol. The van der Waals surface area contributed by atoms with E-state index < -0.39 is 5.97 Å². The number of carboxylic acid groups (broad SMARTS) is 1. The van der Waals surface area contributed by atoms with Crippen LogP contribution in [0.3, 0.4) is 0 Å². The Balaban J connectivity index is 2.07. The second kappa shape index (κ2) is 3.65. The Morgan fingerprint density at radius 2 is 2.57 bits per heavy atom. The molecule has 14 heavy (non-hydrogen) atoms. The van der Waals surface area contributed by atoms with Crippen LogP contribution in [0.2, 0.25) is 0 Å². The predicted molar refractivity (Wildman–Crippen MR) is 52.3 cm³/mol. The summed E-state index contributed by atoms with van der Waals surface area (Å²) in [4.78, 5) is 14.6. The fraction of sp³-hybridized carbons (Fsp3) is 0.400. The third kappa shape index (κ3) is 1.69. The highest BCUT2D eigenvalue weighted by molar-refractivity contribution is 5.67. The lowest BCUT2D eigenvalue weighted by Gasteiger charge is -2.06. The van der Waals surface area contributed by atoms with Crippen molar-refractivity contribution in [3.63, 3.8) is 0 Å². The Labute approximate surface area is 82.0 Å². The molecule has 1 unspecified atom stereocenters. The van der Waals surface area contributed by atoms with Crippen molar-refractivity contribution in [3.8, 4) is 0 Å². The van der Waals surface area contributed by atoms with E-state index in [9.17, 15) is 4.79 Å². The number of hydrogen-bond donors (Lipinski definition) is 2. The Kier molecular flexibility index (Phi) is 2.35. The number of anilines is 1. The van der Waals surface area contributed by atoms with Gasteiger partial charge in [-0.15, -0.1) is 0 Å². The van der Waals surface area contributed by atoms with Gasteiger partial charge in [-0.25, -0.2) is 4.98 Å². The molecule has 0 spiro atoms. The summed E-state index contributed by atoms with van der Waals surface area (Å²) >= 11 is 0. The molecule has 4 nitrogen and oxygen atoms in total. The van der Waals surface area contributed by atoms with Crippen LogP contribution in [-0.4, -0.2) is 22.6 Å². The van der Waals surface area contributed by atoms with E-state index in [0.717, 1.165) is 17.9 Å². The molecule has 0 fully saturated rings. The summed E-state index contributed by atoms with van der Waals surface area (Å²) in [6, 6.07) is 3.90. The van der Waals surface area contributed by atoms with E-state index in [0.29, 0.717) is 12.3 Å². The Morgan fingerprint density at radius 3 is 3.36 bits per heavy atom. The maximum absolute atomic E-state index is 10.4. The molecule has 1 aromatic rings. The van der Waals surface area contributed by atoms with Crippen LogP contribution in [0, 0.1) is 0 Å². The number of rotatable bonds is 3. The number of pyridine rings is 1. The molecule has 0 amide bonds. The highest BCUT2D eigenvalue weighted by Gasteiger charge is 2.22. The van der Waals surface area contributed by atoms with Crippen molar-refractivity contribution < 1.29 is 9.90 Å². The monoisotopic (exact) mass is 192 g/mol. The maximum atomic E-state index is 10.4. The van der Waals surface area contributed by atoms with Crippen LogP contribution in [0.1, 0.15) is 24.3 Å². The number of aromatic nitrogens is 1. The van der Waals surface area contributed by atoms with Crippen LogP contribution < -0.4 is 5.32 Å². The van der Waals surface area contributed by atoms with Crippen molar-refractivity contribution in [1.29, 1.82) is 0 Å². The predicted octanol–water partition coefficient (Wildman–Crippen LogP) is 1.46. The van der Waals surface area contributed by atoms with Crippen LogP contribution >= 0.6 is 0 Å². The Morgan fingerprint density at radius 1 is 1.71 bits per heavy atom. The van der Waals surface area contributed by atoms with Gasteiger partial charge in [-0.05, 0) is 18.1 Å². The molecule has 2 N–H and O–H groups in total. The van der Waals surface area contributed by atoms with E-state index in [1.807, 2.05) is 12.1 Å². The molecule has 0 saturated carbocycles. The molecular weight excluding hydrogens is 180 g/mol. The summed E-state index contributed by atoms with van der Waals surface area (Å²) in [7, 11) is 0. The molecule has 0 radical (unpaired) electrons. The second-order valence-electron chi connectivity index (χ2n) is 3.45. The molecule has 1 atom stereocenters. The molecule has 1 aromatic heterocycles. The molecule has 74 valence electrons. The van der Waals surface area contributed by atoms with Crippen molar-refractivity contribution in [2.24, 2.45) is 0 Å². The highest BCUT2D eigenvalue weighted by atomic mass is 16.4. The van der Waals surface area contributed by atoms with Crippen LogP contribution in [-0.2, 0) is 4.79 Å². The Hall–Kier alpha value is -1.58. The molecule has 0 aliphatic carbocycles. The van der Waals surface area contributed by atoms with Crippen molar-refractivity contribution >= 4 is 11.8 Å². The minimum absolute atomic E-state index is 0.223. The first-order chi connectivity index (χ1) is 6.77. The average Bonchev–Trinajstić information content (AvgIpc) is 2.58. The lowest BCUT2D eigenvalue weighted by molar-refractivity contribution is -0.137. The first kappa shape index (κ1) is 8.99. The molecule has 0 bridgehead atoms. The summed E-state index contributed by atoms with van der Waals surface area (Å²) in [5.74, 6) is 0.472. The topological polar surface area (TPSA) is 62.2 Å². The standard InChI is InChI=1S/C10H12N2O2/c13-9(14)4-3-7-6-12-10-8(7)2-1-5-11-10/h1-2,5,7H,3-4,6H2,(H,11,12)(H,13,14). The van der Waals surface area contributed by atoms with Crippen LogP contribution in [0.15, 0.2) is 18.3 Å². The maximum Gasteiger partial charge on any atom is 0.303 e. The van der Waals surface area contributed by atoms with Gasteiger partial charge in [-0.3, -0.25) is 4.79 Å². The van der Waals surface area contributed by atoms with Crippen LogP contribution in [0.25, 0.3) is 0 Å². The highest BCUT2D eigenvalue weighted by Crippen LogP contribution is 2.32. The fourth-order valence-corrected chi connectivity index (χ4v) is 1.78. The summed E-state index contributed by atoms with van der Waals surface area (Å²) in [6.45, 7) is 0.805. The van der Waals surface area contributed by atoms with Crippen LogP contribution in [0.5, 0.6) is 0 Å². The molecular formula is C10H12N2O2. The third-order valence-corrected chi connectivity index (χ3v) is 2.50. The van der Waals surface area contributed by atoms with E-state index in [-0.39, 0.29) is 6.42 Å². The second-order valence-corrected chi connectivity index (χ2v) is 3.45. The lowest BCUT2D eigenvalue weighted by atomic mass is 9.98. The number of nitrogens with zero attached hydrogens (tertiary/aromatic N) is 1. The zero-order valence-corrected chi connectivity index (χ0v) is 7.73. The molecule has 0 aromatic carbocycles. The van der Waals surface area contributed by atoms with Gasteiger partial charge in [-0.2, -0.15) is 0 Å². The van der Waals surface area contributed by atoms with Gasteiger partial charge < -0.3 is 10.4 Å².